The number of nitrogens with two attached hydrogens (primary N) is 3. The molecule has 9 aromatic carbocycles. The van der Waals surface area contributed by atoms with Gasteiger partial charge in [0.1, 0.15) is 54.6 Å². The second-order valence-electron chi connectivity index (χ2n) is 29.4. The van der Waals surface area contributed by atoms with Gasteiger partial charge in [0.05, 0.1) is 26.5 Å². The number of thiophene rings is 3. The number of halogens is 13. The highest BCUT2D eigenvalue weighted by atomic mass is 35.5. The standard InChI is InChI=1S/C30H32N4O3S.C29H30N4O3S2.C27H22N4O4S.4C2HF3O2.ClH/c31-29(32)28-19-23-25(13-8-14-27(23)38-28)37-26(22-10-2-1-3-11-22)20-36-30(35)33-24-12-5-4-9-21(24)15-18-34-16-6-7-17-34;30-28(31)27-17-22-24(11-6-12-26(22)38-27)36-25(20-7-2-1-3-8-20)19-35-29(34)32-23-10-5-4-9-21(23)18-33-13-15-37-16-14-33;28-26(29)25-13-19-21(11-6-12-24(19)36-25)35-23(17-7-2-1-3-8-17)15-33-27(32)31-20-10-5-4-9-18(20)22-14-30-16-34-22;4*3-2(4,5)1(6)7;/h1-5,8-14,19,26H,6-7,15-18,20H2,(H3,31,32)(H,33,35);1-12,17,25H,13-16,18-19H2,(H3,30,31)(H,32,34);1-14,16,23H,15H2,(H3,28,29)(H,31,32);4*(H,6,7);1H. The molecule has 2 aliphatic rings. The summed E-state index contributed by atoms with van der Waals surface area (Å²) in [5.74, 6) is -6.26. The fourth-order valence-corrected chi connectivity index (χ4v) is 16.6. The van der Waals surface area contributed by atoms with E-state index in [0.29, 0.717) is 48.9 Å². The average molecular weight is 2070 g/mol. The van der Waals surface area contributed by atoms with Crippen LogP contribution in [0.3, 0.4) is 0 Å². The molecule has 3 atom stereocenters. The summed E-state index contributed by atoms with van der Waals surface area (Å²) in [6.45, 7) is 6.20. The molecule has 2 saturated heterocycles. The van der Waals surface area contributed by atoms with Crippen molar-refractivity contribution < 1.29 is 140 Å². The molecule has 6 heterocycles. The zero-order valence-corrected chi connectivity index (χ0v) is 77.5. The van der Waals surface area contributed by atoms with Crippen LogP contribution in [0, 0.1) is 16.2 Å². The summed E-state index contributed by atoms with van der Waals surface area (Å²) >= 11 is 6.30. The molecule has 30 nitrogen and oxygen atoms in total. The van der Waals surface area contributed by atoms with E-state index in [1.54, 1.807) is 12.3 Å². The number of hydrogen-bond acceptors (Lipinski definition) is 24. The summed E-state index contributed by atoms with van der Waals surface area (Å²) in [5, 5.41) is 63.1. The lowest BCUT2D eigenvalue weighted by Crippen LogP contribution is -2.32. The monoisotopic (exact) mass is 2060 g/mol. The molecular formula is C94H89ClF12N12O18S4. The fraction of sp³-hybridized carbons (Fsp3) is 0.223. The molecule has 16 N–H and O–H groups in total. The first kappa shape index (κ1) is 112. The molecule has 141 heavy (non-hydrogen) atoms. The van der Waals surface area contributed by atoms with Crippen LogP contribution in [0.5, 0.6) is 17.2 Å². The molecule has 15 rings (SSSR count). The van der Waals surface area contributed by atoms with Crippen LogP contribution in [0.4, 0.5) is 84.1 Å². The Kier molecular flexibility index (Phi) is 42.3. The van der Waals surface area contributed by atoms with Gasteiger partial charge in [0.25, 0.3) is 0 Å². The van der Waals surface area contributed by atoms with Gasteiger partial charge >= 0.3 is 66.9 Å². The number of alkyl halides is 12. The van der Waals surface area contributed by atoms with Crippen molar-refractivity contribution >= 4 is 165 Å². The first-order chi connectivity index (χ1) is 66.5. The van der Waals surface area contributed by atoms with Crippen molar-refractivity contribution in [2.24, 2.45) is 17.2 Å². The number of para-hydroxylation sites is 3. The zero-order chi connectivity index (χ0) is 102. The number of nitrogens with one attached hydrogen (secondary N) is 6. The molecular weight excluding hydrogens is 1980 g/mol. The van der Waals surface area contributed by atoms with E-state index in [1.165, 1.54) is 53.2 Å². The number of nitrogen functional groups attached to an aromatic ring is 3. The summed E-state index contributed by atoms with van der Waals surface area (Å²) in [5.41, 5.74) is 24.7. The van der Waals surface area contributed by atoms with Gasteiger partial charge in [-0.3, -0.25) is 37.1 Å². The number of amides is 3. The number of thioether (sulfide) groups is 1. The molecule has 748 valence electrons. The largest absolute Gasteiger partial charge is 0.490 e. The van der Waals surface area contributed by atoms with E-state index in [-0.39, 0.29) is 49.7 Å². The van der Waals surface area contributed by atoms with E-state index in [4.69, 9.17) is 106 Å². The number of carboxylic acids is 4. The minimum atomic E-state index is -5.08. The number of anilines is 3. The van der Waals surface area contributed by atoms with Gasteiger partial charge in [-0.05, 0) is 139 Å². The summed E-state index contributed by atoms with van der Waals surface area (Å²) in [7, 11) is 0. The van der Waals surface area contributed by atoms with Gasteiger partial charge < -0.3 is 75.4 Å². The Morgan fingerprint density at radius 2 is 0.723 bits per heavy atom. The number of oxazole rings is 1. The topological polar surface area (TPSA) is 474 Å². The smallest absolute Gasteiger partial charge is 0.481 e. The number of carbonyl (C=O) groups is 7. The number of carboxylic acid groups (broad SMARTS) is 4. The van der Waals surface area contributed by atoms with Gasteiger partial charge in [-0.1, -0.05) is 158 Å². The summed E-state index contributed by atoms with van der Waals surface area (Å²) in [6.07, 6.45) is -17.3. The average Bonchev–Trinajstić information content (AvgIpc) is 1.67. The molecule has 2 aliphatic heterocycles. The number of carbonyl (C=O) groups excluding carboxylic acids is 3. The van der Waals surface area contributed by atoms with Crippen molar-refractivity contribution in [1.29, 1.82) is 16.2 Å². The van der Waals surface area contributed by atoms with E-state index in [0.717, 1.165) is 127 Å². The number of hydrogen-bond donors (Lipinski definition) is 13. The van der Waals surface area contributed by atoms with Gasteiger partial charge in [0.2, 0.25) is 0 Å². The van der Waals surface area contributed by atoms with Crippen molar-refractivity contribution in [1.82, 2.24) is 14.8 Å². The first-order valence-electron chi connectivity index (χ1n) is 41.4. The molecule has 4 aromatic heterocycles. The first-order valence-corrected chi connectivity index (χ1v) is 45.0. The van der Waals surface area contributed by atoms with E-state index in [1.807, 2.05) is 236 Å². The number of rotatable bonds is 27. The number of amidine groups is 3. The van der Waals surface area contributed by atoms with Crippen LogP contribution in [-0.4, -0.2) is 184 Å². The van der Waals surface area contributed by atoms with Gasteiger partial charge in [-0.15, -0.1) is 46.4 Å². The third-order valence-corrected chi connectivity index (χ3v) is 23.9. The molecule has 0 saturated carbocycles. The normalized spacial score (nSPS) is 13.0. The molecule has 13 aromatic rings. The van der Waals surface area contributed by atoms with E-state index in [9.17, 15) is 67.1 Å². The lowest BCUT2D eigenvalue weighted by molar-refractivity contribution is -0.193. The molecule has 0 spiro atoms. The number of likely N-dealkylation sites (tertiary alicyclic amines) is 1. The zero-order valence-electron chi connectivity index (χ0n) is 73.5. The minimum Gasteiger partial charge on any atom is -0.481 e. The molecule has 0 aliphatic carbocycles. The van der Waals surface area contributed by atoms with Crippen LogP contribution in [0.1, 0.15) is 73.6 Å². The summed E-state index contributed by atoms with van der Waals surface area (Å²) in [6, 6.07) is 74.7. The number of aliphatic carboxylic acids is 4. The Morgan fingerprint density at radius 3 is 1.06 bits per heavy atom. The van der Waals surface area contributed by atoms with E-state index < -0.39 is 85.2 Å². The molecule has 3 unspecified atom stereocenters. The van der Waals surface area contributed by atoms with Gasteiger partial charge in [-0.25, -0.2) is 38.5 Å². The highest BCUT2D eigenvalue weighted by Crippen LogP contribution is 2.40. The lowest BCUT2D eigenvalue weighted by Gasteiger charge is -2.27. The van der Waals surface area contributed by atoms with Crippen molar-refractivity contribution in [3.05, 3.63) is 292 Å². The number of aromatic nitrogens is 1. The maximum atomic E-state index is 12.9. The van der Waals surface area contributed by atoms with Crippen molar-refractivity contribution in [3.8, 4) is 28.6 Å². The summed E-state index contributed by atoms with van der Waals surface area (Å²) in [4.78, 5) is 84.9. The number of benzene rings is 9. The molecule has 0 radical (unpaired) electrons. The Bertz CT molecular complexity index is 6240. The molecule has 0 bridgehead atoms. The molecule has 3 amide bonds. The SMILES string of the molecule is Cl.N=C(N)c1cc2c(OC(COC(=O)Nc3ccccc3-c3cnco3)c3ccccc3)cccc2s1.N=C(N)c1cc2c(OC(COC(=O)Nc3ccccc3CCN3CCCC3)c3ccccc3)cccc2s1.N=C(N)c1cc2c(OC(COC(=O)Nc3ccccc3CN3CCSCC3)c3ccccc3)cccc2s1.O=C(O)C(F)(F)F.O=C(O)C(F)(F)F.O=C(O)C(F)(F)F.O=C(O)C(F)(F)F. The quantitative estimate of drug-likeness (QED) is 0.00984. The van der Waals surface area contributed by atoms with Crippen molar-refractivity contribution in [3.63, 3.8) is 0 Å². The van der Waals surface area contributed by atoms with Gasteiger partial charge in [0.15, 0.2) is 30.5 Å². The predicted molar refractivity (Wildman–Crippen MR) is 512 cm³/mol. The number of ether oxygens (including phenoxy) is 6. The predicted octanol–water partition coefficient (Wildman–Crippen LogP) is 21.5. The fourth-order valence-electron chi connectivity index (χ4n) is 12.8. The molecule has 2 fully saturated rings. The van der Waals surface area contributed by atoms with Crippen LogP contribution in [0.2, 0.25) is 0 Å². The van der Waals surface area contributed by atoms with E-state index in [2.05, 4.69) is 36.8 Å². The van der Waals surface area contributed by atoms with Crippen LogP contribution < -0.4 is 47.4 Å². The highest BCUT2D eigenvalue weighted by Gasteiger charge is 2.41. The Labute approximate surface area is 817 Å². The summed E-state index contributed by atoms with van der Waals surface area (Å²) < 4.78 is 171. The van der Waals surface area contributed by atoms with Crippen LogP contribution in [-0.2, 0) is 46.4 Å². The number of nitrogens with zero attached hydrogens (tertiary/aromatic N) is 3. The van der Waals surface area contributed by atoms with Gasteiger partial charge in [-0.2, -0.15) is 64.4 Å². The van der Waals surface area contributed by atoms with E-state index >= 15 is 0 Å². The molecule has 47 heteroatoms. The van der Waals surface area contributed by atoms with Crippen molar-refractivity contribution in [2.75, 3.05) is 80.0 Å². The maximum absolute atomic E-state index is 12.9. The minimum absolute atomic E-state index is 0. The third kappa shape index (κ3) is 35.9. The van der Waals surface area contributed by atoms with Gasteiger partial charge in [0, 0.05) is 84.9 Å². The maximum Gasteiger partial charge on any atom is 0.490 e. The second kappa shape index (κ2) is 53.5. The Hall–Kier alpha value is -14.7. The highest BCUT2D eigenvalue weighted by molar-refractivity contribution is 7.99. The van der Waals surface area contributed by atoms with Crippen LogP contribution in [0.25, 0.3) is 41.6 Å². The second-order valence-corrected chi connectivity index (χ2v) is 33.9. The Morgan fingerprint density at radius 1 is 0.411 bits per heavy atom. The van der Waals surface area contributed by atoms with Crippen LogP contribution >= 0.6 is 58.2 Å². The van der Waals surface area contributed by atoms with Crippen LogP contribution in [0.15, 0.2) is 254 Å². The number of fused-ring (bicyclic) bond motifs is 3. The van der Waals surface area contributed by atoms with Crippen molar-refractivity contribution in [2.45, 2.75) is 68.8 Å². The lowest BCUT2D eigenvalue weighted by atomic mass is 10.1. The Balaban J connectivity index is 0.000000226. The third-order valence-electron chi connectivity index (χ3n) is 19.5.